The maximum absolute atomic E-state index is 13.0. The molecule has 1 saturated carbocycles. The minimum Gasteiger partial charge on any atom is -0.454 e. The number of rotatable bonds is 8. The maximum Gasteiger partial charge on any atom is 0.329 e. The molecule has 1 aliphatic carbocycles. The van der Waals surface area contributed by atoms with Gasteiger partial charge in [0.2, 0.25) is 0 Å². The van der Waals surface area contributed by atoms with Crippen LogP contribution in [0.1, 0.15) is 56.3 Å². The highest BCUT2D eigenvalue weighted by Gasteiger charge is 2.39. The van der Waals surface area contributed by atoms with E-state index >= 15 is 0 Å². The van der Waals surface area contributed by atoms with Gasteiger partial charge in [-0.25, -0.2) is 13.2 Å². The zero-order valence-corrected chi connectivity index (χ0v) is 19.5. The van der Waals surface area contributed by atoms with Crippen LogP contribution < -0.4 is 5.32 Å². The van der Waals surface area contributed by atoms with Crippen molar-refractivity contribution in [2.24, 2.45) is 5.92 Å². The molecule has 32 heavy (non-hydrogen) atoms. The molecule has 1 aromatic rings. The molecule has 9 heteroatoms. The number of carbonyl (C=O) groups is 3. The lowest BCUT2D eigenvalue weighted by Gasteiger charge is -2.34. The first kappa shape index (κ1) is 24.2. The summed E-state index contributed by atoms with van der Waals surface area (Å²) in [6, 6.07) is 7.28. The van der Waals surface area contributed by atoms with Crippen molar-refractivity contribution < 1.29 is 27.5 Å². The third kappa shape index (κ3) is 6.09. The number of amides is 2. The molecule has 2 fully saturated rings. The predicted molar refractivity (Wildman–Crippen MR) is 120 cm³/mol. The highest BCUT2D eigenvalue weighted by molar-refractivity contribution is 7.91. The van der Waals surface area contributed by atoms with Crippen molar-refractivity contribution in [2.45, 2.75) is 64.1 Å². The minimum atomic E-state index is -3.15. The van der Waals surface area contributed by atoms with Crippen LogP contribution in [0.2, 0.25) is 0 Å². The van der Waals surface area contributed by atoms with E-state index in [1.54, 1.807) is 49.1 Å². The lowest BCUT2D eigenvalue weighted by atomic mass is 10.0. The second-order valence-electron chi connectivity index (χ2n) is 8.97. The Morgan fingerprint density at radius 3 is 2.28 bits per heavy atom. The predicted octanol–water partition coefficient (Wildman–Crippen LogP) is 1.94. The van der Waals surface area contributed by atoms with Gasteiger partial charge < -0.3 is 15.0 Å². The van der Waals surface area contributed by atoms with E-state index in [1.807, 2.05) is 0 Å². The Morgan fingerprint density at radius 2 is 1.72 bits per heavy atom. The van der Waals surface area contributed by atoms with Crippen LogP contribution in [0.4, 0.5) is 0 Å². The Bertz CT molecular complexity index is 925. The Morgan fingerprint density at radius 1 is 1.06 bits per heavy atom. The fourth-order valence-corrected chi connectivity index (χ4v) is 6.20. The third-order valence-corrected chi connectivity index (χ3v) is 7.94. The first-order chi connectivity index (χ1) is 15.2. The minimum absolute atomic E-state index is 0.0156. The third-order valence-electron chi connectivity index (χ3n) is 6.19. The van der Waals surface area contributed by atoms with Crippen molar-refractivity contribution in [3.63, 3.8) is 0 Å². The number of carbonyl (C=O) groups excluding carboxylic acids is 3. The Hall–Kier alpha value is -2.42. The van der Waals surface area contributed by atoms with E-state index < -0.39 is 34.4 Å². The number of benzene rings is 1. The van der Waals surface area contributed by atoms with Crippen LogP contribution in [-0.2, 0) is 24.2 Å². The molecule has 0 aromatic heterocycles. The second-order valence-corrected chi connectivity index (χ2v) is 11.2. The fraction of sp³-hybridized carbons (Fsp3) is 0.609. The first-order valence-corrected chi connectivity index (χ1v) is 13.0. The lowest BCUT2D eigenvalue weighted by molar-refractivity contribution is -0.156. The van der Waals surface area contributed by atoms with Gasteiger partial charge in [0.05, 0.1) is 11.5 Å². The molecule has 1 unspecified atom stereocenters. The van der Waals surface area contributed by atoms with Gasteiger partial charge in [-0.2, -0.15) is 0 Å². The van der Waals surface area contributed by atoms with Gasteiger partial charge in [0.15, 0.2) is 16.4 Å². The average molecular weight is 465 g/mol. The molecule has 1 aliphatic heterocycles. The normalized spacial score (nSPS) is 21.3. The summed E-state index contributed by atoms with van der Waals surface area (Å²) in [6.45, 7) is 3.11. The number of sulfone groups is 1. The highest BCUT2D eigenvalue weighted by atomic mass is 32.2. The number of nitrogens with zero attached hydrogens (tertiary/aromatic N) is 1. The van der Waals surface area contributed by atoms with Gasteiger partial charge in [0, 0.05) is 17.6 Å². The molecule has 1 saturated heterocycles. The van der Waals surface area contributed by atoms with E-state index in [4.69, 9.17) is 4.74 Å². The van der Waals surface area contributed by atoms with Crippen molar-refractivity contribution in [1.82, 2.24) is 10.2 Å². The van der Waals surface area contributed by atoms with Crippen LogP contribution >= 0.6 is 0 Å². The Balaban J connectivity index is 1.63. The molecular formula is C23H32N2O6S. The quantitative estimate of drug-likeness (QED) is 0.589. The number of hydrogen-bond acceptors (Lipinski definition) is 6. The Kier molecular flexibility index (Phi) is 7.92. The van der Waals surface area contributed by atoms with E-state index in [0.717, 1.165) is 25.7 Å². The zero-order chi connectivity index (χ0) is 23.3. The molecule has 176 valence electrons. The molecule has 2 aliphatic rings. The van der Waals surface area contributed by atoms with Crippen molar-refractivity contribution in [3.05, 3.63) is 35.9 Å². The van der Waals surface area contributed by atoms with Gasteiger partial charge >= 0.3 is 5.97 Å². The van der Waals surface area contributed by atoms with Crippen LogP contribution in [0.3, 0.4) is 0 Å². The summed E-state index contributed by atoms with van der Waals surface area (Å²) < 4.78 is 29.3. The molecule has 2 amide bonds. The second kappa shape index (κ2) is 10.5. The summed E-state index contributed by atoms with van der Waals surface area (Å²) in [7, 11) is -3.15. The summed E-state index contributed by atoms with van der Waals surface area (Å²) in [6.07, 6.45) is 4.07. The summed E-state index contributed by atoms with van der Waals surface area (Å²) in [5.74, 6) is -1.64. The summed E-state index contributed by atoms with van der Waals surface area (Å²) in [5, 5.41) is 2.69. The molecule has 2 atom stereocenters. The monoisotopic (exact) mass is 464 g/mol. The van der Waals surface area contributed by atoms with E-state index in [2.05, 4.69) is 5.32 Å². The van der Waals surface area contributed by atoms with E-state index in [0.29, 0.717) is 12.0 Å². The Labute approximate surface area is 189 Å². The van der Waals surface area contributed by atoms with Crippen LogP contribution in [0.5, 0.6) is 0 Å². The maximum atomic E-state index is 13.0. The largest absolute Gasteiger partial charge is 0.454 e. The molecule has 3 rings (SSSR count). The molecule has 0 radical (unpaired) electrons. The number of esters is 1. The standard InChI is InChI=1S/C23H32N2O6S/c1-16(2)21(24-22(27)17-8-4-3-5-9-17)23(28)31-14-20(26)25(18-10-6-7-11-18)19-12-13-32(29,30)15-19/h3-5,8-9,16,18-19,21H,6-7,10-15H2,1-2H3,(H,24,27)/t19?,21-/m0/s1. The first-order valence-electron chi connectivity index (χ1n) is 11.2. The van der Waals surface area contributed by atoms with Gasteiger partial charge in [0.25, 0.3) is 11.8 Å². The van der Waals surface area contributed by atoms with Gasteiger partial charge in [-0.1, -0.05) is 44.9 Å². The topological polar surface area (TPSA) is 110 Å². The van der Waals surface area contributed by atoms with E-state index in [1.165, 1.54) is 0 Å². The van der Waals surface area contributed by atoms with Crippen LogP contribution in [0.25, 0.3) is 0 Å². The van der Waals surface area contributed by atoms with Crippen LogP contribution in [0.15, 0.2) is 30.3 Å². The molecule has 0 bridgehead atoms. The SMILES string of the molecule is CC(C)[C@H](NC(=O)c1ccccc1)C(=O)OCC(=O)N(C1CCCC1)C1CCS(=O)(=O)C1. The number of nitrogens with one attached hydrogen (secondary N) is 1. The summed E-state index contributed by atoms with van der Waals surface area (Å²) in [5.41, 5.74) is 0.428. The lowest BCUT2D eigenvalue weighted by Crippen LogP contribution is -2.50. The smallest absolute Gasteiger partial charge is 0.329 e. The van der Waals surface area contributed by atoms with E-state index in [9.17, 15) is 22.8 Å². The van der Waals surface area contributed by atoms with E-state index in [-0.39, 0.29) is 35.4 Å². The molecule has 1 N–H and O–H groups in total. The average Bonchev–Trinajstić information content (AvgIpc) is 3.40. The van der Waals surface area contributed by atoms with Gasteiger partial charge in [0.1, 0.15) is 6.04 Å². The highest BCUT2D eigenvalue weighted by Crippen LogP contribution is 2.29. The summed E-state index contributed by atoms with van der Waals surface area (Å²) in [4.78, 5) is 39.9. The van der Waals surface area contributed by atoms with Crippen molar-refractivity contribution in [2.75, 3.05) is 18.1 Å². The van der Waals surface area contributed by atoms with Gasteiger partial charge in [-0.3, -0.25) is 9.59 Å². The van der Waals surface area contributed by atoms with Crippen molar-refractivity contribution in [3.8, 4) is 0 Å². The fourth-order valence-electron chi connectivity index (χ4n) is 4.49. The zero-order valence-electron chi connectivity index (χ0n) is 18.7. The summed E-state index contributed by atoms with van der Waals surface area (Å²) >= 11 is 0. The molecule has 1 heterocycles. The van der Waals surface area contributed by atoms with Crippen LogP contribution in [-0.4, -0.2) is 67.3 Å². The van der Waals surface area contributed by atoms with Gasteiger partial charge in [-0.15, -0.1) is 0 Å². The number of ether oxygens (including phenoxy) is 1. The van der Waals surface area contributed by atoms with Crippen molar-refractivity contribution >= 4 is 27.6 Å². The molecule has 0 spiro atoms. The molecule has 8 nitrogen and oxygen atoms in total. The molecular weight excluding hydrogens is 432 g/mol. The van der Waals surface area contributed by atoms with Gasteiger partial charge in [-0.05, 0) is 37.3 Å². The number of hydrogen-bond donors (Lipinski definition) is 1. The molecule has 1 aromatic carbocycles. The van der Waals surface area contributed by atoms with Crippen LogP contribution in [0, 0.1) is 5.92 Å². The van der Waals surface area contributed by atoms with Crippen molar-refractivity contribution in [1.29, 1.82) is 0 Å².